The number of aryl methyl sites for hydroxylation is 1. The van der Waals surface area contributed by atoms with Crippen LogP contribution in [0.25, 0.3) is 16.6 Å². The Morgan fingerprint density at radius 1 is 1.05 bits per heavy atom. The van der Waals surface area contributed by atoms with E-state index in [0.717, 1.165) is 43.3 Å². The van der Waals surface area contributed by atoms with Crippen molar-refractivity contribution in [3.05, 3.63) is 112 Å². The monoisotopic (exact) mass is 1040 g/mol. The van der Waals surface area contributed by atoms with Gasteiger partial charge in [0.15, 0.2) is 5.82 Å². The van der Waals surface area contributed by atoms with Crippen molar-refractivity contribution in [2.45, 2.75) is 74.6 Å². The van der Waals surface area contributed by atoms with E-state index in [-0.39, 0.29) is 63.3 Å². The molecule has 0 radical (unpaired) electrons. The molecule has 3 aliphatic rings. The van der Waals surface area contributed by atoms with Crippen LogP contribution in [0.15, 0.2) is 85.2 Å². The number of halogens is 3. The van der Waals surface area contributed by atoms with E-state index in [2.05, 4.69) is 37.4 Å². The van der Waals surface area contributed by atoms with Crippen LogP contribution in [0.4, 0.5) is 39.0 Å². The topological polar surface area (TPSA) is 236 Å². The van der Waals surface area contributed by atoms with Crippen LogP contribution in [0.1, 0.15) is 51.1 Å². The summed E-state index contributed by atoms with van der Waals surface area (Å²) in [4.78, 5) is 68.5. The van der Waals surface area contributed by atoms with E-state index < -0.39 is 22.6 Å². The van der Waals surface area contributed by atoms with Gasteiger partial charge < -0.3 is 37.5 Å². The van der Waals surface area contributed by atoms with E-state index in [0.29, 0.717) is 43.7 Å². The number of benzene rings is 2. The third-order valence-electron chi connectivity index (χ3n) is 12.1. The van der Waals surface area contributed by atoms with Crippen LogP contribution in [0.2, 0.25) is 5.02 Å². The van der Waals surface area contributed by atoms with Crippen LogP contribution in [0.5, 0.6) is 0 Å². The van der Waals surface area contributed by atoms with Crippen molar-refractivity contribution in [3.8, 4) is 5.69 Å². The number of ether oxygens (including phenoxy) is 1. The van der Waals surface area contributed by atoms with Gasteiger partial charge in [-0.25, -0.2) is 24.1 Å². The number of carbonyl (C=O) groups excluding carboxylic acids is 1. The molecule has 1 aliphatic carbocycles. The number of hydrogen-bond donors (Lipinski definition) is 5. The molecule has 65 heavy (non-hydrogen) atoms. The summed E-state index contributed by atoms with van der Waals surface area (Å²) in [5, 5.41) is 6.70. The fourth-order valence-electron chi connectivity index (χ4n) is 8.39. The second-order valence-electron chi connectivity index (χ2n) is 16.5. The molecular weight excluding hydrogens is 990 g/mol. The number of nitrogens with one attached hydrogen (secondary N) is 2. The molecule has 4 aromatic heterocycles. The molecule has 2 aliphatic heterocycles. The molecule has 17 nitrogen and oxygen atoms in total. The highest BCUT2D eigenvalue weighted by Crippen LogP contribution is 2.43. The summed E-state index contributed by atoms with van der Waals surface area (Å²) in [6.07, 6.45) is 6.77. The number of piperidine rings is 1. The molecule has 2 aromatic carbocycles. The summed E-state index contributed by atoms with van der Waals surface area (Å²) in [6.45, 7) is 7.43. The van der Waals surface area contributed by atoms with Gasteiger partial charge in [-0.05, 0) is 105 Å². The number of fused-ring (bicyclic) bond motifs is 1. The predicted molar refractivity (Wildman–Crippen MR) is 260 cm³/mol. The van der Waals surface area contributed by atoms with Crippen molar-refractivity contribution < 1.29 is 13.9 Å². The first kappa shape index (κ1) is 46.0. The standard InChI is InChI=1S/C26H23FIN5O4.C18H24ClN7OS/c1-13-22-21(23(31(3)24(13)35)30-20-10-7-15(28)11-19(20)27)25(36)33(17-8-9-17)26(37)32(22)18-6-4-5-16(12-18)29-14(2)34;1-10-14(20)18(9-27-10)3-6-26(7-4-18)12-8-24-17(16(22)25-12)28-11-2-5-23-15(21)13(11)19/h4-7,10-12,17,30H,8-9H2,1-3H3,(H,29,34);2,5,8,10,14H,3-4,6-7,9,20H2,1H3,(H2,21,23)(H2,22,25). The molecular formula is C44H47ClFIN12O5S. The molecule has 6 heterocycles. The number of nitrogens with zero attached hydrogens (tertiary/aromatic N) is 7. The minimum Gasteiger partial charge on any atom is -0.382 e. The summed E-state index contributed by atoms with van der Waals surface area (Å²) in [7, 11) is 1.50. The van der Waals surface area contributed by atoms with Gasteiger partial charge in [0.1, 0.15) is 33.7 Å². The molecule has 340 valence electrons. The van der Waals surface area contributed by atoms with E-state index in [1.54, 1.807) is 55.7 Å². The van der Waals surface area contributed by atoms with Crippen LogP contribution in [-0.4, -0.2) is 66.4 Å². The van der Waals surface area contributed by atoms with Crippen molar-refractivity contribution in [2.24, 2.45) is 18.2 Å². The molecule has 2 unspecified atom stereocenters. The smallest absolute Gasteiger partial charge is 0.336 e. The van der Waals surface area contributed by atoms with Gasteiger partial charge in [0.05, 0.1) is 40.8 Å². The Kier molecular flexibility index (Phi) is 13.0. The molecule has 21 heteroatoms. The minimum atomic E-state index is -0.581. The second-order valence-corrected chi connectivity index (χ2v) is 19.1. The van der Waals surface area contributed by atoms with Gasteiger partial charge in [0.2, 0.25) is 5.91 Å². The highest BCUT2D eigenvalue weighted by molar-refractivity contribution is 14.1. The number of pyridine rings is 2. The SMILES string of the molecule is CC(=O)Nc1cccc(-n2c(=O)n(C3CC3)c(=O)c3c(Nc4ccc(I)cc4F)n(C)c(=O)c(C)c32)c1.CC1OCC2(CCN(c3cnc(Sc4ccnc(N)c4Cl)c(N)n3)CC2)C1N. The number of nitrogens with two attached hydrogens (primary N) is 3. The molecule has 1 amide bonds. The Morgan fingerprint density at radius 3 is 2.43 bits per heavy atom. The van der Waals surface area contributed by atoms with Crippen molar-refractivity contribution in [3.63, 3.8) is 0 Å². The van der Waals surface area contributed by atoms with Crippen LogP contribution in [0, 0.1) is 21.7 Å². The largest absolute Gasteiger partial charge is 0.382 e. The summed E-state index contributed by atoms with van der Waals surface area (Å²) in [5.74, 6) is 0.666. The Hall–Kier alpha value is -5.55. The molecule has 1 spiro atoms. The number of hydrogen-bond acceptors (Lipinski definition) is 14. The average Bonchev–Trinajstić information content (AvgIpc) is 4.08. The van der Waals surface area contributed by atoms with E-state index in [1.807, 2.05) is 22.6 Å². The molecule has 0 bridgehead atoms. The fourth-order valence-corrected chi connectivity index (χ4v) is 9.86. The van der Waals surface area contributed by atoms with E-state index in [4.69, 9.17) is 33.5 Å². The van der Waals surface area contributed by atoms with Crippen molar-refractivity contribution in [1.82, 2.24) is 28.7 Å². The van der Waals surface area contributed by atoms with Gasteiger partial charge in [-0.15, -0.1) is 0 Å². The lowest BCUT2D eigenvalue weighted by Gasteiger charge is -2.41. The maximum atomic E-state index is 14.8. The zero-order chi connectivity index (χ0) is 46.5. The normalized spacial score (nSPS) is 17.8. The summed E-state index contributed by atoms with van der Waals surface area (Å²) < 4.78 is 25.1. The number of nitrogen functional groups attached to an aromatic ring is 2. The lowest BCUT2D eigenvalue weighted by molar-refractivity contribution is -0.114. The van der Waals surface area contributed by atoms with Gasteiger partial charge >= 0.3 is 5.69 Å². The van der Waals surface area contributed by atoms with Gasteiger partial charge in [-0.3, -0.25) is 28.1 Å². The van der Waals surface area contributed by atoms with Gasteiger partial charge in [-0.2, -0.15) is 0 Å². The fraction of sp³-hybridized carbons (Fsp3) is 0.341. The number of rotatable bonds is 8. The first-order chi connectivity index (χ1) is 31.0. The lowest BCUT2D eigenvalue weighted by Crippen LogP contribution is -2.50. The Bertz CT molecular complexity index is 3050. The van der Waals surface area contributed by atoms with E-state index in [1.165, 1.54) is 51.6 Å². The molecule has 9 rings (SSSR count). The summed E-state index contributed by atoms with van der Waals surface area (Å²) in [5.41, 5.74) is 18.0. The van der Waals surface area contributed by atoms with Crippen molar-refractivity contribution in [2.75, 3.05) is 46.7 Å². The number of amides is 1. The number of carbonyl (C=O) groups is 1. The Morgan fingerprint density at radius 2 is 1.78 bits per heavy atom. The minimum absolute atomic E-state index is 0.0721. The van der Waals surface area contributed by atoms with Crippen LogP contribution >= 0.6 is 46.0 Å². The van der Waals surface area contributed by atoms with Gasteiger partial charge in [0.25, 0.3) is 11.1 Å². The predicted octanol–water partition coefficient (Wildman–Crippen LogP) is 6.11. The van der Waals surface area contributed by atoms with E-state index >= 15 is 0 Å². The third-order valence-corrected chi connectivity index (χ3v) is 14.4. The van der Waals surface area contributed by atoms with Crippen LogP contribution in [0.3, 0.4) is 0 Å². The van der Waals surface area contributed by atoms with Crippen molar-refractivity contribution >= 4 is 97.4 Å². The third kappa shape index (κ3) is 9.05. The van der Waals surface area contributed by atoms with Crippen LogP contribution in [-0.2, 0) is 16.6 Å². The van der Waals surface area contributed by atoms with Gasteiger partial charge in [-0.1, -0.05) is 29.4 Å². The Labute approximate surface area is 395 Å². The molecule has 6 aromatic rings. The Balaban J connectivity index is 0.000000184. The maximum absolute atomic E-state index is 14.8. The van der Waals surface area contributed by atoms with Crippen molar-refractivity contribution in [1.29, 1.82) is 0 Å². The summed E-state index contributed by atoms with van der Waals surface area (Å²) in [6, 6.07) is 12.8. The first-order valence-electron chi connectivity index (χ1n) is 20.8. The molecule has 1 saturated carbocycles. The van der Waals surface area contributed by atoms with Gasteiger partial charge in [0, 0.05) is 70.5 Å². The maximum Gasteiger partial charge on any atom is 0.336 e. The van der Waals surface area contributed by atoms with E-state index in [9.17, 15) is 23.6 Å². The lowest BCUT2D eigenvalue weighted by atomic mass is 9.73. The quantitative estimate of drug-likeness (QED) is 0.108. The van der Waals surface area contributed by atoms with Crippen LogP contribution < -0.4 is 49.5 Å². The number of aromatic nitrogens is 6. The zero-order valence-electron chi connectivity index (χ0n) is 35.9. The second kappa shape index (κ2) is 18.4. The average molecular weight is 1040 g/mol. The molecule has 2 atom stereocenters. The highest BCUT2D eigenvalue weighted by atomic mass is 127. The molecule has 3 fully saturated rings. The first-order valence-corrected chi connectivity index (χ1v) is 23.1. The number of anilines is 6. The molecule has 8 N–H and O–H groups in total. The summed E-state index contributed by atoms with van der Waals surface area (Å²) >= 11 is 9.52. The highest BCUT2D eigenvalue weighted by Gasteiger charge is 2.47. The molecule has 2 saturated heterocycles. The zero-order valence-corrected chi connectivity index (χ0v) is 39.6.